The first-order valence-corrected chi connectivity index (χ1v) is 7.82. The second kappa shape index (κ2) is 6.60. The predicted octanol–water partition coefficient (Wildman–Crippen LogP) is 3.99. The molecule has 3 heterocycles. The molecule has 1 atom stereocenters. The molecule has 25 heavy (non-hydrogen) atoms. The molecule has 1 aliphatic heterocycles. The average molecular weight is 343 g/mol. The molecule has 0 bridgehead atoms. The molecule has 5 nitrogen and oxygen atoms in total. The molecule has 1 aliphatic rings. The number of hydrogen-bond acceptors (Lipinski definition) is 4. The highest BCUT2D eigenvalue weighted by Crippen LogP contribution is 2.35. The molecule has 0 radical (unpaired) electrons. The molecule has 4 rings (SSSR count). The topological polar surface area (TPSA) is 52.5 Å². The van der Waals surface area contributed by atoms with E-state index in [4.69, 9.17) is 9.47 Å². The van der Waals surface area contributed by atoms with Crippen molar-refractivity contribution in [3.63, 3.8) is 0 Å². The van der Waals surface area contributed by atoms with Crippen LogP contribution in [-0.4, -0.2) is 21.4 Å². The highest BCUT2D eigenvalue weighted by atomic mass is 19.3. The van der Waals surface area contributed by atoms with Crippen LogP contribution in [0.4, 0.5) is 8.78 Å². The third kappa shape index (κ3) is 3.36. The lowest BCUT2D eigenvalue weighted by Gasteiger charge is -2.09. The van der Waals surface area contributed by atoms with E-state index >= 15 is 0 Å². The van der Waals surface area contributed by atoms with Crippen molar-refractivity contribution in [2.45, 2.75) is 19.3 Å². The Morgan fingerprint density at radius 1 is 1.16 bits per heavy atom. The molecule has 7 heteroatoms. The van der Waals surface area contributed by atoms with Gasteiger partial charge < -0.3 is 9.47 Å². The Morgan fingerprint density at radius 2 is 1.96 bits per heavy atom. The molecule has 0 amide bonds. The van der Waals surface area contributed by atoms with Crippen LogP contribution in [0.5, 0.6) is 5.75 Å². The van der Waals surface area contributed by atoms with E-state index in [0.29, 0.717) is 24.7 Å². The van der Waals surface area contributed by atoms with Gasteiger partial charge in [0, 0.05) is 0 Å². The van der Waals surface area contributed by atoms with Gasteiger partial charge in [-0.3, -0.25) is 4.98 Å². The summed E-state index contributed by atoms with van der Waals surface area (Å²) in [4.78, 5) is 4.27. The molecular weight excluding hydrogens is 328 g/mol. The first-order valence-electron chi connectivity index (χ1n) is 7.82. The molecule has 1 saturated heterocycles. The summed E-state index contributed by atoms with van der Waals surface area (Å²) in [7, 11) is 0. The second-order valence-corrected chi connectivity index (χ2v) is 5.64. The van der Waals surface area contributed by atoms with E-state index in [0.717, 1.165) is 5.56 Å². The fourth-order valence-electron chi connectivity index (χ4n) is 2.55. The van der Waals surface area contributed by atoms with Crippen LogP contribution >= 0.6 is 0 Å². The Morgan fingerprint density at radius 3 is 2.60 bits per heavy atom. The molecule has 1 aromatic carbocycles. The number of alkyl halides is 2. The number of pyridine rings is 1. The molecule has 0 aliphatic carbocycles. The van der Waals surface area contributed by atoms with Crippen molar-refractivity contribution >= 4 is 0 Å². The van der Waals surface area contributed by atoms with Crippen LogP contribution in [-0.2, 0) is 11.3 Å². The van der Waals surface area contributed by atoms with Crippen LogP contribution in [0.15, 0.2) is 54.9 Å². The minimum Gasteiger partial charge on any atom is -0.487 e. The maximum Gasteiger partial charge on any atom is 0.267 e. The van der Waals surface area contributed by atoms with Gasteiger partial charge in [0.2, 0.25) is 0 Å². The summed E-state index contributed by atoms with van der Waals surface area (Å²) in [5, 5.41) is 4.01. The molecule has 0 saturated carbocycles. The summed E-state index contributed by atoms with van der Waals surface area (Å²) >= 11 is 0. The quantitative estimate of drug-likeness (QED) is 0.635. The van der Waals surface area contributed by atoms with Crippen LogP contribution in [0.25, 0.3) is 11.4 Å². The molecule has 2 aromatic heterocycles. The molecule has 128 valence electrons. The van der Waals surface area contributed by atoms with Crippen molar-refractivity contribution in [3.8, 4) is 17.1 Å². The molecule has 1 unspecified atom stereocenters. The van der Waals surface area contributed by atoms with Gasteiger partial charge in [-0.25, -0.2) is 13.5 Å². The number of hydrogen-bond donors (Lipinski definition) is 0. The summed E-state index contributed by atoms with van der Waals surface area (Å²) in [6, 6.07) is 13.1. The van der Waals surface area contributed by atoms with Gasteiger partial charge in [0.1, 0.15) is 12.4 Å². The van der Waals surface area contributed by atoms with Gasteiger partial charge in [-0.15, -0.1) is 0 Å². The van der Waals surface area contributed by atoms with Crippen LogP contribution in [0, 0.1) is 0 Å². The van der Waals surface area contributed by atoms with E-state index in [1.54, 1.807) is 12.1 Å². The van der Waals surface area contributed by atoms with Crippen LogP contribution < -0.4 is 4.74 Å². The first kappa shape index (κ1) is 15.7. The first-order chi connectivity index (χ1) is 12.2. The Bertz CT molecular complexity index is 827. The van der Waals surface area contributed by atoms with Crippen molar-refractivity contribution in [1.29, 1.82) is 0 Å². The Labute approximate surface area is 142 Å². The number of ether oxygens (including phenoxy) is 2. The largest absolute Gasteiger partial charge is 0.487 e. The van der Waals surface area contributed by atoms with E-state index in [2.05, 4.69) is 10.1 Å². The zero-order valence-electron chi connectivity index (χ0n) is 13.2. The smallest absolute Gasteiger partial charge is 0.267 e. The predicted molar refractivity (Wildman–Crippen MR) is 86.2 cm³/mol. The van der Waals surface area contributed by atoms with Crippen molar-refractivity contribution < 1.29 is 18.3 Å². The Balaban J connectivity index is 1.55. The minimum absolute atomic E-state index is 0.152. The van der Waals surface area contributed by atoms with Crippen LogP contribution in [0.2, 0.25) is 0 Å². The van der Waals surface area contributed by atoms with Gasteiger partial charge in [0.15, 0.2) is 6.23 Å². The number of rotatable bonds is 6. The van der Waals surface area contributed by atoms with Crippen LogP contribution in [0.1, 0.15) is 23.8 Å². The number of epoxide rings is 1. The van der Waals surface area contributed by atoms with Crippen LogP contribution in [0.3, 0.4) is 0 Å². The molecule has 0 N–H and O–H groups in total. The second-order valence-electron chi connectivity index (χ2n) is 5.64. The minimum atomic E-state index is -2.63. The molecule has 0 spiro atoms. The van der Waals surface area contributed by atoms with E-state index in [9.17, 15) is 8.78 Å². The van der Waals surface area contributed by atoms with Crippen molar-refractivity contribution in [2.75, 3.05) is 6.61 Å². The van der Waals surface area contributed by atoms with E-state index < -0.39 is 6.43 Å². The Kier molecular flexibility index (Phi) is 4.15. The number of benzene rings is 1. The number of halogens is 2. The normalized spacial score (nSPS) is 16.2. The highest BCUT2D eigenvalue weighted by molar-refractivity contribution is 5.60. The van der Waals surface area contributed by atoms with E-state index in [1.807, 2.05) is 30.3 Å². The SMILES string of the molecule is FC(F)c1cnn(C2CO2)c1-c1ccc(OCc2ccccc2)cn1. The average Bonchev–Trinajstić information content (AvgIpc) is 3.39. The van der Waals surface area contributed by atoms with Crippen molar-refractivity contribution in [2.24, 2.45) is 0 Å². The van der Waals surface area contributed by atoms with Gasteiger partial charge in [-0.05, 0) is 17.7 Å². The van der Waals surface area contributed by atoms with E-state index in [-0.39, 0.29) is 17.5 Å². The van der Waals surface area contributed by atoms with Crippen molar-refractivity contribution in [1.82, 2.24) is 14.8 Å². The monoisotopic (exact) mass is 343 g/mol. The van der Waals surface area contributed by atoms with Crippen molar-refractivity contribution in [3.05, 3.63) is 66.0 Å². The lowest BCUT2D eigenvalue weighted by molar-refractivity contribution is 0.152. The van der Waals surface area contributed by atoms with Gasteiger partial charge >= 0.3 is 0 Å². The number of aromatic nitrogens is 3. The van der Waals surface area contributed by atoms with Gasteiger partial charge in [0.05, 0.1) is 36.0 Å². The molecule has 3 aromatic rings. The standard InChI is InChI=1S/C18H15F2N3O2/c19-18(20)14-9-22-23(16-11-25-16)17(14)15-7-6-13(8-21-15)24-10-12-4-2-1-3-5-12/h1-9,16,18H,10-11H2. The zero-order valence-corrected chi connectivity index (χ0v) is 13.2. The summed E-state index contributed by atoms with van der Waals surface area (Å²) in [5.41, 5.74) is 1.58. The van der Waals surface area contributed by atoms with Gasteiger partial charge in [0.25, 0.3) is 6.43 Å². The van der Waals surface area contributed by atoms with Gasteiger partial charge in [-0.1, -0.05) is 30.3 Å². The fraction of sp³-hybridized carbons (Fsp3) is 0.222. The summed E-state index contributed by atoms with van der Waals surface area (Å²) < 4.78 is 38.8. The third-order valence-electron chi connectivity index (χ3n) is 3.87. The molecular formula is C18H15F2N3O2. The maximum absolute atomic E-state index is 13.3. The highest BCUT2D eigenvalue weighted by Gasteiger charge is 2.32. The summed E-state index contributed by atoms with van der Waals surface area (Å²) in [6.07, 6.45) is -0.224. The fourth-order valence-corrected chi connectivity index (χ4v) is 2.55. The van der Waals surface area contributed by atoms with E-state index in [1.165, 1.54) is 17.1 Å². The lowest BCUT2D eigenvalue weighted by Crippen LogP contribution is -2.03. The number of nitrogens with zero attached hydrogens (tertiary/aromatic N) is 3. The Hall–Kier alpha value is -2.80. The summed E-state index contributed by atoms with van der Waals surface area (Å²) in [6.45, 7) is 0.883. The maximum atomic E-state index is 13.3. The molecule has 1 fully saturated rings. The summed E-state index contributed by atoms with van der Waals surface area (Å²) in [5.74, 6) is 0.569. The zero-order chi connectivity index (χ0) is 17.2. The van der Waals surface area contributed by atoms with Gasteiger partial charge in [-0.2, -0.15) is 5.10 Å². The lowest BCUT2D eigenvalue weighted by atomic mass is 10.2. The third-order valence-corrected chi connectivity index (χ3v) is 3.87.